The van der Waals surface area contributed by atoms with Gasteiger partial charge >= 0.3 is 0 Å². The number of H-pyrrole nitrogens is 1. The largest absolute Gasteiger partial charge is 0.497 e. The summed E-state index contributed by atoms with van der Waals surface area (Å²) in [5, 5.41) is 7.52. The molecule has 8 heteroatoms. The number of amides is 1. The Labute approximate surface area is 205 Å². The van der Waals surface area contributed by atoms with E-state index in [2.05, 4.69) is 16.8 Å². The first kappa shape index (κ1) is 24.2. The second-order valence-electron chi connectivity index (χ2n) is 8.44. The Morgan fingerprint density at radius 3 is 2.06 bits per heavy atom. The smallest absolute Gasteiger partial charge is 0.254 e. The molecule has 2 heterocycles. The maximum absolute atomic E-state index is 13.2. The zero-order valence-electron chi connectivity index (χ0n) is 20.6. The van der Waals surface area contributed by atoms with E-state index in [1.807, 2.05) is 24.3 Å². The number of methoxy groups -OCH3 is 4. The topological polar surface area (TPSA) is 85.9 Å². The molecule has 8 nitrogen and oxygen atoms in total. The van der Waals surface area contributed by atoms with E-state index < -0.39 is 0 Å². The van der Waals surface area contributed by atoms with Gasteiger partial charge in [0.2, 0.25) is 5.75 Å². The fourth-order valence-electron chi connectivity index (χ4n) is 4.09. The molecule has 2 aromatic carbocycles. The Morgan fingerprint density at radius 2 is 1.57 bits per heavy atom. The number of benzene rings is 2. The van der Waals surface area contributed by atoms with E-state index in [1.54, 1.807) is 24.1 Å². The average Bonchev–Trinajstić information content (AvgIpc) is 3.47. The molecular formula is C27H31N3O5. The Hall–Kier alpha value is -3.94. The molecule has 35 heavy (non-hydrogen) atoms. The van der Waals surface area contributed by atoms with Crippen molar-refractivity contribution in [1.29, 1.82) is 0 Å². The third-order valence-corrected chi connectivity index (χ3v) is 6.27. The van der Waals surface area contributed by atoms with Gasteiger partial charge < -0.3 is 23.8 Å². The molecule has 3 aromatic rings. The van der Waals surface area contributed by atoms with Gasteiger partial charge in [0, 0.05) is 16.7 Å². The number of aromatic amines is 1. The molecule has 1 saturated carbocycles. The molecule has 1 aliphatic heterocycles. The summed E-state index contributed by atoms with van der Waals surface area (Å²) >= 11 is 0. The summed E-state index contributed by atoms with van der Waals surface area (Å²) in [6.45, 7) is 4.67. The van der Waals surface area contributed by atoms with Crippen molar-refractivity contribution in [1.82, 2.24) is 15.1 Å². The summed E-state index contributed by atoms with van der Waals surface area (Å²) in [7, 11) is 6.22. The van der Waals surface area contributed by atoms with Crippen LogP contribution >= 0.6 is 0 Å². The van der Waals surface area contributed by atoms with Crippen LogP contribution in [0.25, 0.3) is 11.3 Å². The molecule has 1 fully saturated rings. The fourth-order valence-corrected chi connectivity index (χ4v) is 4.09. The van der Waals surface area contributed by atoms with E-state index in [4.69, 9.17) is 18.9 Å². The van der Waals surface area contributed by atoms with Crippen molar-refractivity contribution in [2.75, 3.05) is 28.4 Å². The monoisotopic (exact) mass is 477 g/mol. The number of nitrogens with one attached hydrogen (secondary N) is 1. The highest BCUT2D eigenvalue weighted by Crippen LogP contribution is 2.39. The van der Waals surface area contributed by atoms with Crippen LogP contribution in [0.15, 0.2) is 48.6 Å². The fraction of sp³-hybridized carbons (Fsp3) is 0.333. The minimum absolute atomic E-state index is 0.125. The van der Waals surface area contributed by atoms with E-state index in [0.717, 1.165) is 28.3 Å². The van der Waals surface area contributed by atoms with E-state index >= 15 is 0 Å². The Bertz CT molecular complexity index is 1190. The summed E-state index contributed by atoms with van der Waals surface area (Å²) < 4.78 is 21.3. The third-order valence-electron chi connectivity index (χ3n) is 6.27. The number of allylic oxidation sites excluding steroid dienone is 1. The number of rotatable bonds is 6. The van der Waals surface area contributed by atoms with E-state index in [-0.39, 0.29) is 5.91 Å². The standard InChI is InChI=1S/C22H23N3O5.C5H8/c1-27-15-7-5-13(6-8-15)20-16-11-25(12-17(16)23-24-20)22(26)14-9-18(28-2)21(30-4)19(10-14)29-3;1-5-3-2-4-5/h5-10H,11-12H2,1-4H3,(H,23,24);1-4H2. The van der Waals surface area contributed by atoms with Crippen LogP contribution < -0.4 is 18.9 Å². The molecule has 0 atom stereocenters. The lowest BCUT2D eigenvalue weighted by Gasteiger charge is -2.18. The van der Waals surface area contributed by atoms with Crippen LogP contribution in [0.2, 0.25) is 0 Å². The van der Waals surface area contributed by atoms with Crippen molar-refractivity contribution >= 4 is 5.91 Å². The van der Waals surface area contributed by atoms with Crippen molar-refractivity contribution in [2.24, 2.45) is 0 Å². The normalized spacial score (nSPS) is 13.8. The Balaban J connectivity index is 0.000000514. The summed E-state index contributed by atoms with van der Waals surface area (Å²) in [5.74, 6) is 2.00. The number of ether oxygens (including phenoxy) is 4. The number of carbonyl (C=O) groups excluding carboxylic acids is 1. The summed E-state index contributed by atoms with van der Waals surface area (Å²) in [4.78, 5) is 15.0. The second-order valence-corrected chi connectivity index (χ2v) is 8.44. The molecule has 5 rings (SSSR count). The predicted molar refractivity (Wildman–Crippen MR) is 133 cm³/mol. The van der Waals surface area contributed by atoms with Gasteiger partial charge in [-0.15, -0.1) is 0 Å². The molecule has 1 N–H and O–H groups in total. The molecule has 0 unspecified atom stereocenters. The van der Waals surface area contributed by atoms with Crippen molar-refractivity contribution in [3.8, 4) is 34.3 Å². The first-order chi connectivity index (χ1) is 17.0. The van der Waals surface area contributed by atoms with Gasteiger partial charge in [-0.25, -0.2) is 0 Å². The number of aromatic nitrogens is 2. The molecular weight excluding hydrogens is 446 g/mol. The molecule has 2 aliphatic rings. The van der Waals surface area contributed by atoms with Gasteiger partial charge in [-0.3, -0.25) is 9.89 Å². The van der Waals surface area contributed by atoms with Crippen LogP contribution in [0.3, 0.4) is 0 Å². The number of hydrogen-bond acceptors (Lipinski definition) is 6. The lowest BCUT2D eigenvalue weighted by atomic mass is 9.95. The SMILES string of the molecule is C=C1CCC1.COc1ccc(-c2n[nH]c3c2CN(C(=O)c2cc(OC)c(OC)c(OC)c2)C3)cc1. The number of carbonyl (C=O) groups is 1. The van der Waals surface area contributed by atoms with Crippen LogP contribution in [0.5, 0.6) is 23.0 Å². The molecule has 1 aliphatic carbocycles. The van der Waals surface area contributed by atoms with E-state index in [1.165, 1.54) is 46.2 Å². The minimum Gasteiger partial charge on any atom is -0.497 e. The molecule has 1 amide bonds. The Kier molecular flexibility index (Phi) is 7.29. The molecule has 1 aromatic heterocycles. The van der Waals surface area contributed by atoms with Gasteiger partial charge in [0.25, 0.3) is 5.91 Å². The Morgan fingerprint density at radius 1 is 0.943 bits per heavy atom. The van der Waals surface area contributed by atoms with Crippen molar-refractivity contribution in [2.45, 2.75) is 32.4 Å². The van der Waals surface area contributed by atoms with Gasteiger partial charge in [0.05, 0.1) is 52.9 Å². The van der Waals surface area contributed by atoms with E-state index in [9.17, 15) is 4.79 Å². The highest BCUT2D eigenvalue weighted by Gasteiger charge is 2.30. The van der Waals surface area contributed by atoms with Gasteiger partial charge in [0.1, 0.15) is 5.75 Å². The lowest BCUT2D eigenvalue weighted by molar-refractivity contribution is 0.0749. The first-order valence-electron chi connectivity index (χ1n) is 11.5. The average molecular weight is 478 g/mol. The molecule has 0 saturated heterocycles. The molecule has 0 bridgehead atoms. The number of hydrogen-bond donors (Lipinski definition) is 1. The molecule has 184 valence electrons. The van der Waals surface area contributed by atoms with Gasteiger partial charge in [0.15, 0.2) is 11.5 Å². The first-order valence-corrected chi connectivity index (χ1v) is 11.5. The zero-order valence-corrected chi connectivity index (χ0v) is 20.6. The highest BCUT2D eigenvalue weighted by molar-refractivity contribution is 5.96. The van der Waals surface area contributed by atoms with Crippen LogP contribution in [0.4, 0.5) is 0 Å². The number of fused-ring (bicyclic) bond motifs is 1. The van der Waals surface area contributed by atoms with Gasteiger partial charge in [-0.2, -0.15) is 5.10 Å². The predicted octanol–water partition coefficient (Wildman–Crippen LogP) is 4.99. The van der Waals surface area contributed by atoms with Crippen LogP contribution in [0, 0.1) is 0 Å². The number of nitrogens with zero attached hydrogens (tertiary/aromatic N) is 2. The minimum atomic E-state index is -0.125. The zero-order chi connectivity index (χ0) is 24.9. The maximum Gasteiger partial charge on any atom is 0.254 e. The highest BCUT2D eigenvalue weighted by atomic mass is 16.5. The van der Waals surface area contributed by atoms with Crippen molar-refractivity contribution < 1.29 is 23.7 Å². The van der Waals surface area contributed by atoms with Crippen molar-refractivity contribution in [3.05, 3.63) is 65.4 Å². The summed E-state index contributed by atoms with van der Waals surface area (Å²) in [6.07, 6.45) is 3.97. The van der Waals surface area contributed by atoms with Crippen LogP contribution in [0.1, 0.15) is 40.9 Å². The van der Waals surface area contributed by atoms with Gasteiger partial charge in [-0.05, 0) is 55.7 Å². The molecule has 0 spiro atoms. The van der Waals surface area contributed by atoms with Crippen LogP contribution in [-0.4, -0.2) is 49.4 Å². The maximum atomic E-state index is 13.2. The quantitative estimate of drug-likeness (QED) is 0.503. The van der Waals surface area contributed by atoms with Crippen LogP contribution in [-0.2, 0) is 13.1 Å². The summed E-state index contributed by atoms with van der Waals surface area (Å²) in [5.41, 5.74) is 5.66. The molecule has 0 radical (unpaired) electrons. The van der Waals surface area contributed by atoms with E-state index in [0.29, 0.717) is 35.9 Å². The third kappa shape index (κ3) is 4.96. The second kappa shape index (κ2) is 10.5. The van der Waals surface area contributed by atoms with Gasteiger partial charge in [-0.1, -0.05) is 12.2 Å². The summed E-state index contributed by atoms with van der Waals surface area (Å²) in [6, 6.07) is 11.0. The lowest BCUT2D eigenvalue weighted by Crippen LogP contribution is -2.26. The van der Waals surface area contributed by atoms with Crippen molar-refractivity contribution in [3.63, 3.8) is 0 Å².